The molecular formula is C26H27N3O. The molecule has 1 amide bonds. The van der Waals surface area contributed by atoms with E-state index in [1.807, 2.05) is 30.3 Å². The van der Waals surface area contributed by atoms with E-state index in [9.17, 15) is 4.79 Å². The summed E-state index contributed by atoms with van der Waals surface area (Å²) in [6.45, 7) is 0.639. The Bertz CT molecular complexity index is 1200. The molecule has 0 saturated heterocycles. The van der Waals surface area contributed by atoms with Crippen LogP contribution in [-0.4, -0.2) is 26.4 Å². The fraction of sp³-hybridized carbons (Fsp3) is 0.308. The topological polar surface area (TPSA) is 38.1 Å². The van der Waals surface area contributed by atoms with Crippen molar-refractivity contribution in [1.29, 1.82) is 0 Å². The van der Waals surface area contributed by atoms with E-state index < -0.39 is 0 Å². The number of carbonyl (C=O) groups is 1. The van der Waals surface area contributed by atoms with Crippen LogP contribution in [0.3, 0.4) is 0 Å². The van der Waals surface area contributed by atoms with Gasteiger partial charge in [0.1, 0.15) is 0 Å². The van der Waals surface area contributed by atoms with Crippen molar-refractivity contribution in [3.8, 4) is 0 Å². The predicted molar refractivity (Wildman–Crippen MR) is 121 cm³/mol. The van der Waals surface area contributed by atoms with Crippen LogP contribution in [0.2, 0.25) is 0 Å². The lowest BCUT2D eigenvalue weighted by Gasteiger charge is -2.34. The number of para-hydroxylation sites is 1. The van der Waals surface area contributed by atoms with E-state index in [0.29, 0.717) is 12.6 Å². The summed E-state index contributed by atoms with van der Waals surface area (Å²) in [5.41, 5.74) is 4.06. The van der Waals surface area contributed by atoms with Crippen molar-refractivity contribution in [3.63, 3.8) is 0 Å². The van der Waals surface area contributed by atoms with Crippen LogP contribution >= 0.6 is 0 Å². The third kappa shape index (κ3) is 3.47. The number of hydrogen-bond donors (Lipinski definition) is 0. The zero-order valence-corrected chi connectivity index (χ0v) is 17.4. The minimum Gasteiger partial charge on any atom is -0.346 e. The van der Waals surface area contributed by atoms with Gasteiger partial charge in [0.15, 0.2) is 0 Å². The molecule has 4 heteroatoms. The highest BCUT2D eigenvalue weighted by molar-refractivity contribution is 5.98. The molecule has 1 saturated carbocycles. The van der Waals surface area contributed by atoms with E-state index in [1.54, 1.807) is 6.20 Å². The van der Waals surface area contributed by atoms with E-state index in [1.165, 1.54) is 35.9 Å². The zero-order chi connectivity index (χ0) is 20.5. The second-order valence-electron chi connectivity index (χ2n) is 8.39. The number of benzene rings is 2. The summed E-state index contributed by atoms with van der Waals surface area (Å²) in [6, 6.07) is 20.8. The molecule has 0 radical (unpaired) electrons. The van der Waals surface area contributed by atoms with Crippen LogP contribution in [-0.2, 0) is 13.6 Å². The number of amides is 1. The number of nitrogens with zero attached hydrogens (tertiary/aromatic N) is 3. The lowest BCUT2D eigenvalue weighted by atomic mass is 9.93. The SMILES string of the molecule is Cn1c(CN(C(=O)c2ccc3ncccc3c2)C2CCCCC2)cc2ccccc21. The minimum absolute atomic E-state index is 0.123. The molecule has 5 rings (SSSR count). The molecule has 152 valence electrons. The van der Waals surface area contributed by atoms with Crippen molar-refractivity contribution < 1.29 is 4.79 Å². The van der Waals surface area contributed by atoms with Crippen molar-refractivity contribution in [2.45, 2.75) is 44.7 Å². The van der Waals surface area contributed by atoms with Gasteiger partial charge in [-0.05, 0) is 54.6 Å². The molecular weight excluding hydrogens is 370 g/mol. The predicted octanol–water partition coefficient (Wildman–Crippen LogP) is 5.70. The van der Waals surface area contributed by atoms with E-state index >= 15 is 0 Å². The van der Waals surface area contributed by atoms with Crippen LogP contribution in [0.5, 0.6) is 0 Å². The van der Waals surface area contributed by atoms with Crippen LogP contribution in [0.15, 0.2) is 66.9 Å². The number of aromatic nitrogens is 2. The maximum absolute atomic E-state index is 13.7. The highest BCUT2D eigenvalue weighted by Crippen LogP contribution is 2.28. The number of aryl methyl sites for hydroxylation is 1. The largest absolute Gasteiger partial charge is 0.346 e. The molecule has 0 spiro atoms. The number of fused-ring (bicyclic) bond motifs is 2. The molecule has 1 fully saturated rings. The molecule has 0 aliphatic heterocycles. The molecule has 0 N–H and O–H groups in total. The van der Waals surface area contributed by atoms with Crippen LogP contribution in [0.25, 0.3) is 21.8 Å². The summed E-state index contributed by atoms with van der Waals surface area (Å²) < 4.78 is 2.22. The van der Waals surface area contributed by atoms with Crippen molar-refractivity contribution in [2.24, 2.45) is 7.05 Å². The van der Waals surface area contributed by atoms with Gasteiger partial charge in [0.05, 0.1) is 12.1 Å². The van der Waals surface area contributed by atoms with E-state index in [-0.39, 0.29) is 5.91 Å². The quantitative estimate of drug-likeness (QED) is 0.443. The Morgan fingerprint density at radius 2 is 1.80 bits per heavy atom. The summed E-state index contributed by atoms with van der Waals surface area (Å²) in [7, 11) is 2.10. The van der Waals surface area contributed by atoms with Crippen molar-refractivity contribution in [2.75, 3.05) is 0 Å². The Morgan fingerprint density at radius 1 is 1.00 bits per heavy atom. The molecule has 2 aromatic carbocycles. The first-order chi connectivity index (χ1) is 14.7. The molecule has 0 bridgehead atoms. The molecule has 4 aromatic rings. The van der Waals surface area contributed by atoms with E-state index in [0.717, 1.165) is 29.3 Å². The summed E-state index contributed by atoms with van der Waals surface area (Å²) in [5.74, 6) is 0.123. The molecule has 4 nitrogen and oxygen atoms in total. The second kappa shape index (κ2) is 7.94. The number of rotatable bonds is 4. The number of hydrogen-bond acceptors (Lipinski definition) is 2. The first kappa shape index (κ1) is 18.9. The fourth-order valence-corrected chi connectivity index (χ4v) is 4.81. The molecule has 2 heterocycles. The fourth-order valence-electron chi connectivity index (χ4n) is 4.81. The Balaban J connectivity index is 1.51. The third-order valence-electron chi connectivity index (χ3n) is 6.51. The van der Waals surface area contributed by atoms with Gasteiger partial charge in [0.2, 0.25) is 0 Å². The Hall–Kier alpha value is -3.14. The van der Waals surface area contributed by atoms with Crippen LogP contribution < -0.4 is 0 Å². The second-order valence-corrected chi connectivity index (χ2v) is 8.39. The lowest BCUT2D eigenvalue weighted by molar-refractivity contribution is 0.0609. The van der Waals surface area contributed by atoms with E-state index in [2.05, 4.69) is 51.8 Å². The Morgan fingerprint density at radius 3 is 2.63 bits per heavy atom. The van der Waals surface area contributed by atoms with Gasteiger partial charge in [-0.2, -0.15) is 0 Å². The molecule has 0 unspecified atom stereocenters. The highest BCUT2D eigenvalue weighted by Gasteiger charge is 2.27. The number of pyridine rings is 1. The van der Waals surface area contributed by atoms with Gasteiger partial charge in [-0.1, -0.05) is 43.5 Å². The van der Waals surface area contributed by atoms with Crippen molar-refractivity contribution in [1.82, 2.24) is 14.5 Å². The maximum Gasteiger partial charge on any atom is 0.254 e. The van der Waals surface area contributed by atoms with E-state index in [4.69, 9.17) is 0 Å². The third-order valence-corrected chi connectivity index (χ3v) is 6.51. The highest BCUT2D eigenvalue weighted by atomic mass is 16.2. The summed E-state index contributed by atoms with van der Waals surface area (Å²) >= 11 is 0. The van der Waals surface area contributed by atoms with Gasteiger partial charge in [-0.15, -0.1) is 0 Å². The maximum atomic E-state index is 13.7. The molecule has 1 aliphatic rings. The zero-order valence-electron chi connectivity index (χ0n) is 17.4. The Labute approximate surface area is 177 Å². The van der Waals surface area contributed by atoms with Gasteiger partial charge in [-0.3, -0.25) is 9.78 Å². The monoisotopic (exact) mass is 397 g/mol. The van der Waals surface area contributed by atoms with Crippen molar-refractivity contribution in [3.05, 3.63) is 78.1 Å². The number of carbonyl (C=O) groups excluding carboxylic acids is 1. The summed E-state index contributed by atoms with van der Waals surface area (Å²) in [6.07, 6.45) is 7.64. The van der Waals surface area contributed by atoms with Crippen molar-refractivity contribution >= 4 is 27.7 Å². The van der Waals surface area contributed by atoms with Crippen LogP contribution in [0.1, 0.15) is 48.2 Å². The lowest BCUT2D eigenvalue weighted by Crippen LogP contribution is -2.41. The average molecular weight is 398 g/mol. The summed E-state index contributed by atoms with van der Waals surface area (Å²) in [5, 5.41) is 2.24. The van der Waals surface area contributed by atoms with Gasteiger partial charge in [0.25, 0.3) is 5.91 Å². The normalized spacial score (nSPS) is 15.0. The molecule has 0 atom stereocenters. The van der Waals surface area contributed by atoms with Crippen LogP contribution in [0.4, 0.5) is 0 Å². The van der Waals surface area contributed by atoms with Gasteiger partial charge in [-0.25, -0.2) is 0 Å². The van der Waals surface area contributed by atoms with Gasteiger partial charge < -0.3 is 9.47 Å². The first-order valence-electron chi connectivity index (χ1n) is 10.9. The average Bonchev–Trinajstić information content (AvgIpc) is 3.12. The minimum atomic E-state index is 0.123. The smallest absolute Gasteiger partial charge is 0.254 e. The molecule has 2 aromatic heterocycles. The van der Waals surface area contributed by atoms with Gasteiger partial charge >= 0.3 is 0 Å². The molecule has 30 heavy (non-hydrogen) atoms. The van der Waals surface area contributed by atoms with Crippen LogP contribution in [0, 0.1) is 0 Å². The standard InChI is InChI=1S/C26H27N3O/c1-28-23(17-20-8-5-6-12-25(20)28)18-29(22-10-3-2-4-11-22)26(30)21-13-14-24-19(16-21)9-7-15-27-24/h5-9,12-17,22H,2-4,10-11,18H2,1H3. The first-order valence-corrected chi connectivity index (χ1v) is 10.9. The Kier molecular flexibility index (Phi) is 4.99. The molecule has 1 aliphatic carbocycles. The van der Waals surface area contributed by atoms with Gasteiger partial charge in [0, 0.05) is 41.4 Å². The summed E-state index contributed by atoms with van der Waals surface area (Å²) in [4.78, 5) is 20.2.